The van der Waals surface area contributed by atoms with E-state index in [-0.39, 0.29) is 0 Å². The first kappa shape index (κ1) is 12.0. The topological polar surface area (TPSA) is 28.4 Å². The second kappa shape index (κ2) is 5.75. The number of thiocarbonyl (C=S) groups is 1. The third kappa shape index (κ3) is 4.34. The molecule has 0 bridgehead atoms. The van der Waals surface area contributed by atoms with E-state index in [0.29, 0.717) is 12.5 Å². The maximum absolute atomic E-state index is 5.25. The van der Waals surface area contributed by atoms with Crippen LogP contribution in [0.15, 0.2) is 22.8 Å². The minimum absolute atomic E-state index is 0.597. The van der Waals surface area contributed by atoms with Gasteiger partial charge in [-0.25, -0.2) is 0 Å². The summed E-state index contributed by atoms with van der Waals surface area (Å²) in [5.74, 6) is 1.52. The molecule has 0 spiro atoms. The summed E-state index contributed by atoms with van der Waals surface area (Å²) >= 11 is 5.24. The summed E-state index contributed by atoms with van der Waals surface area (Å²) in [6.07, 6.45) is 1.67. The van der Waals surface area contributed by atoms with Crippen LogP contribution < -0.4 is 5.32 Å². The van der Waals surface area contributed by atoms with Crippen molar-refractivity contribution in [2.45, 2.75) is 20.4 Å². The van der Waals surface area contributed by atoms with Gasteiger partial charge < -0.3 is 14.6 Å². The van der Waals surface area contributed by atoms with Crippen LogP contribution in [0.3, 0.4) is 0 Å². The van der Waals surface area contributed by atoms with E-state index in [1.807, 2.05) is 24.1 Å². The smallest absolute Gasteiger partial charge is 0.169 e. The third-order valence-electron chi connectivity index (χ3n) is 1.98. The van der Waals surface area contributed by atoms with Gasteiger partial charge in [0.2, 0.25) is 0 Å². The highest BCUT2D eigenvalue weighted by Gasteiger charge is 2.06. The highest BCUT2D eigenvalue weighted by atomic mass is 32.1. The molecule has 0 fully saturated rings. The predicted octanol–water partition coefficient (Wildman–Crippen LogP) is 2.24. The van der Waals surface area contributed by atoms with Crippen molar-refractivity contribution in [2.24, 2.45) is 5.92 Å². The van der Waals surface area contributed by atoms with Crippen molar-refractivity contribution in [2.75, 3.05) is 13.6 Å². The van der Waals surface area contributed by atoms with E-state index < -0.39 is 0 Å². The lowest BCUT2D eigenvalue weighted by molar-refractivity contribution is 0.404. The molecule has 15 heavy (non-hydrogen) atoms. The fourth-order valence-corrected chi connectivity index (χ4v) is 1.28. The zero-order valence-corrected chi connectivity index (χ0v) is 10.3. The van der Waals surface area contributed by atoms with Gasteiger partial charge >= 0.3 is 0 Å². The summed E-state index contributed by atoms with van der Waals surface area (Å²) in [6.45, 7) is 5.92. The highest BCUT2D eigenvalue weighted by molar-refractivity contribution is 7.80. The van der Waals surface area contributed by atoms with Crippen LogP contribution in [0, 0.1) is 5.92 Å². The SMILES string of the molecule is CC(C)CNC(=S)N(C)Cc1ccco1. The fraction of sp³-hybridized carbons (Fsp3) is 0.545. The maximum atomic E-state index is 5.25. The molecule has 0 aliphatic rings. The molecule has 0 radical (unpaired) electrons. The molecule has 0 atom stereocenters. The number of hydrogen-bond acceptors (Lipinski definition) is 2. The van der Waals surface area contributed by atoms with Crippen LogP contribution in [0.5, 0.6) is 0 Å². The third-order valence-corrected chi connectivity index (χ3v) is 2.44. The molecule has 0 saturated heterocycles. The first-order chi connectivity index (χ1) is 7.09. The zero-order chi connectivity index (χ0) is 11.3. The second-order valence-electron chi connectivity index (χ2n) is 4.02. The van der Waals surface area contributed by atoms with Crippen molar-refractivity contribution < 1.29 is 4.42 Å². The average Bonchev–Trinajstić information content (AvgIpc) is 2.66. The number of hydrogen-bond donors (Lipinski definition) is 1. The molecule has 1 aromatic rings. The van der Waals surface area contributed by atoms with E-state index in [0.717, 1.165) is 17.4 Å². The Hall–Kier alpha value is -1.03. The van der Waals surface area contributed by atoms with Crippen molar-refractivity contribution in [3.63, 3.8) is 0 Å². The molecular formula is C11H18N2OS. The normalized spacial score (nSPS) is 10.4. The summed E-state index contributed by atoms with van der Waals surface area (Å²) < 4.78 is 5.25. The summed E-state index contributed by atoms with van der Waals surface area (Å²) in [6, 6.07) is 3.83. The molecule has 1 aromatic heterocycles. The molecule has 0 aliphatic heterocycles. The van der Waals surface area contributed by atoms with Crippen LogP contribution >= 0.6 is 12.2 Å². The van der Waals surface area contributed by atoms with Gasteiger partial charge in [-0.05, 0) is 30.3 Å². The van der Waals surface area contributed by atoms with E-state index >= 15 is 0 Å². The van der Waals surface area contributed by atoms with E-state index in [1.54, 1.807) is 6.26 Å². The molecule has 0 amide bonds. The van der Waals surface area contributed by atoms with Crippen molar-refractivity contribution in [1.82, 2.24) is 10.2 Å². The van der Waals surface area contributed by atoms with Gasteiger partial charge in [-0.2, -0.15) is 0 Å². The number of nitrogens with one attached hydrogen (secondary N) is 1. The summed E-state index contributed by atoms with van der Waals surface area (Å²) in [7, 11) is 1.96. The second-order valence-corrected chi connectivity index (χ2v) is 4.40. The van der Waals surface area contributed by atoms with Crippen molar-refractivity contribution in [3.05, 3.63) is 24.2 Å². The Morgan fingerprint density at radius 3 is 2.87 bits per heavy atom. The van der Waals surface area contributed by atoms with Crippen molar-refractivity contribution in [3.8, 4) is 0 Å². The van der Waals surface area contributed by atoms with E-state index in [1.165, 1.54) is 0 Å². The Labute approximate surface area is 96.4 Å². The van der Waals surface area contributed by atoms with Gasteiger partial charge in [0.25, 0.3) is 0 Å². The van der Waals surface area contributed by atoms with Crippen LogP contribution in [0.4, 0.5) is 0 Å². The maximum Gasteiger partial charge on any atom is 0.169 e. The molecule has 0 saturated carbocycles. The van der Waals surface area contributed by atoms with Crippen LogP contribution in [-0.4, -0.2) is 23.6 Å². The van der Waals surface area contributed by atoms with Crippen molar-refractivity contribution in [1.29, 1.82) is 0 Å². The molecular weight excluding hydrogens is 208 g/mol. The van der Waals surface area contributed by atoms with Crippen LogP contribution in [0.1, 0.15) is 19.6 Å². The van der Waals surface area contributed by atoms with Crippen molar-refractivity contribution >= 4 is 17.3 Å². The lowest BCUT2D eigenvalue weighted by Gasteiger charge is -2.20. The van der Waals surface area contributed by atoms with Gasteiger partial charge in [0.1, 0.15) is 5.76 Å². The van der Waals surface area contributed by atoms with Crippen LogP contribution in [0.25, 0.3) is 0 Å². The standard InChI is InChI=1S/C11H18N2OS/c1-9(2)7-12-11(15)13(3)8-10-5-4-6-14-10/h4-6,9H,7-8H2,1-3H3,(H,12,15). The van der Waals surface area contributed by atoms with E-state index in [4.69, 9.17) is 16.6 Å². The minimum atomic E-state index is 0.597. The van der Waals surface area contributed by atoms with Gasteiger partial charge in [0.05, 0.1) is 12.8 Å². The van der Waals surface area contributed by atoms with Gasteiger partial charge in [0.15, 0.2) is 5.11 Å². The summed E-state index contributed by atoms with van der Waals surface area (Å²) in [4.78, 5) is 1.97. The van der Waals surface area contributed by atoms with Gasteiger partial charge in [-0.3, -0.25) is 0 Å². The monoisotopic (exact) mass is 226 g/mol. The number of nitrogens with zero attached hydrogens (tertiary/aromatic N) is 1. The number of rotatable bonds is 4. The molecule has 0 aliphatic carbocycles. The molecule has 1 N–H and O–H groups in total. The Morgan fingerprint density at radius 1 is 1.60 bits per heavy atom. The predicted molar refractivity (Wildman–Crippen MR) is 65.6 cm³/mol. The molecule has 84 valence electrons. The van der Waals surface area contributed by atoms with Crippen LogP contribution in [-0.2, 0) is 6.54 Å². The average molecular weight is 226 g/mol. The molecule has 1 heterocycles. The Bertz CT molecular complexity index is 296. The zero-order valence-electron chi connectivity index (χ0n) is 9.49. The summed E-state index contributed by atoms with van der Waals surface area (Å²) in [5, 5.41) is 3.97. The Kier molecular flexibility index (Phi) is 4.62. The van der Waals surface area contributed by atoms with Gasteiger partial charge in [-0.15, -0.1) is 0 Å². The Morgan fingerprint density at radius 2 is 2.33 bits per heavy atom. The first-order valence-electron chi connectivity index (χ1n) is 5.11. The van der Waals surface area contributed by atoms with E-state index in [9.17, 15) is 0 Å². The molecule has 0 unspecified atom stereocenters. The fourth-order valence-electron chi connectivity index (χ4n) is 1.13. The minimum Gasteiger partial charge on any atom is -0.467 e. The Balaban J connectivity index is 2.33. The first-order valence-corrected chi connectivity index (χ1v) is 5.51. The molecule has 1 rings (SSSR count). The van der Waals surface area contributed by atoms with Gasteiger partial charge in [0, 0.05) is 13.6 Å². The summed E-state index contributed by atoms with van der Waals surface area (Å²) in [5.41, 5.74) is 0. The lowest BCUT2D eigenvalue weighted by atomic mass is 10.2. The molecule has 3 nitrogen and oxygen atoms in total. The number of furan rings is 1. The van der Waals surface area contributed by atoms with Crippen LogP contribution in [0.2, 0.25) is 0 Å². The quantitative estimate of drug-likeness (QED) is 0.797. The molecule has 4 heteroatoms. The van der Waals surface area contributed by atoms with E-state index in [2.05, 4.69) is 19.2 Å². The molecule has 0 aromatic carbocycles. The largest absolute Gasteiger partial charge is 0.467 e. The lowest BCUT2D eigenvalue weighted by Crippen LogP contribution is -2.38. The highest BCUT2D eigenvalue weighted by Crippen LogP contribution is 2.03. The van der Waals surface area contributed by atoms with Gasteiger partial charge in [-0.1, -0.05) is 13.8 Å².